The number of nitro groups is 1. The van der Waals surface area contributed by atoms with Crippen LogP contribution in [0.4, 0.5) is 5.69 Å². The average Bonchev–Trinajstić information content (AvgIpc) is 2.78. The lowest BCUT2D eigenvalue weighted by Gasteiger charge is -2.01. The van der Waals surface area contributed by atoms with E-state index in [1.165, 1.54) is 30.1 Å². The predicted molar refractivity (Wildman–Crippen MR) is 78.7 cm³/mol. The molecule has 0 saturated carbocycles. The van der Waals surface area contributed by atoms with Gasteiger partial charge in [-0.2, -0.15) is 5.10 Å². The van der Waals surface area contributed by atoms with Crippen molar-refractivity contribution >= 4 is 57.9 Å². The van der Waals surface area contributed by atoms with Crippen LogP contribution < -0.4 is 5.32 Å². The zero-order valence-corrected chi connectivity index (χ0v) is 12.0. The van der Waals surface area contributed by atoms with E-state index < -0.39 is 4.92 Å². The van der Waals surface area contributed by atoms with Gasteiger partial charge in [0.2, 0.25) is 5.91 Å². The molecule has 0 atom stereocenters. The fraction of sp³-hybridized carbons (Fsp3) is 0.100. The first-order valence-electron chi connectivity index (χ1n) is 5.15. The van der Waals surface area contributed by atoms with Crippen molar-refractivity contribution in [3.8, 4) is 0 Å². The highest BCUT2D eigenvalue weighted by molar-refractivity contribution is 8.15. The fourth-order valence-electron chi connectivity index (χ4n) is 1.34. The van der Waals surface area contributed by atoms with Crippen LogP contribution in [-0.2, 0) is 4.79 Å². The number of halogens is 2. The maximum atomic E-state index is 10.9. The van der Waals surface area contributed by atoms with Crippen molar-refractivity contribution in [2.75, 3.05) is 5.75 Å². The van der Waals surface area contributed by atoms with Crippen LogP contribution in [0.5, 0.6) is 0 Å². The molecule has 2 rings (SSSR count). The largest absolute Gasteiger partial charge is 0.303 e. The number of hydrogen-bond donors (Lipinski definition) is 1. The highest BCUT2D eigenvalue weighted by Gasteiger charge is 2.18. The maximum Gasteiger partial charge on any atom is 0.288 e. The van der Waals surface area contributed by atoms with E-state index in [0.717, 1.165) is 0 Å². The standard InChI is InChI=1S/C10H6Cl2N4O3S/c11-6-1-2-7(16(18)19)9(12)5(6)3-13-15-10-14-8(17)4-20-10/h1-3H,4H2,(H,14,15,17)/b13-3-. The second-order valence-electron chi connectivity index (χ2n) is 3.54. The average molecular weight is 333 g/mol. The van der Waals surface area contributed by atoms with E-state index in [2.05, 4.69) is 15.5 Å². The summed E-state index contributed by atoms with van der Waals surface area (Å²) in [6.07, 6.45) is 1.20. The molecule has 7 nitrogen and oxygen atoms in total. The molecule has 1 heterocycles. The van der Waals surface area contributed by atoms with Crippen LogP contribution in [0.3, 0.4) is 0 Å². The minimum Gasteiger partial charge on any atom is -0.303 e. The van der Waals surface area contributed by atoms with Gasteiger partial charge >= 0.3 is 0 Å². The summed E-state index contributed by atoms with van der Waals surface area (Å²) < 4.78 is 0. The van der Waals surface area contributed by atoms with Crippen molar-refractivity contribution in [1.29, 1.82) is 0 Å². The molecule has 1 fully saturated rings. The molecule has 1 amide bonds. The van der Waals surface area contributed by atoms with Crippen molar-refractivity contribution in [3.63, 3.8) is 0 Å². The van der Waals surface area contributed by atoms with E-state index in [0.29, 0.717) is 5.17 Å². The summed E-state index contributed by atoms with van der Waals surface area (Å²) >= 11 is 13.0. The molecule has 0 bridgehead atoms. The molecule has 0 aromatic heterocycles. The Morgan fingerprint density at radius 1 is 1.45 bits per heavy atom. The summed E-state index contributed by atoms with van der Waals surface area (Å²) in [6, 6.07) is 2.56. The van der Waals surface area contributed by atoms with E-state index in [1.54, 1.807) is 0 Å². The second kappa shape index (κ2) is 6.21. The molecule has 1 aromatic carbocycles. The van der Waals surface area contributed by atoms with Crippen LogP contribution in [0.2, 0.25) is 10.0 Å². The van der Waals surface area contributed by atoms with Gasteiger partial charge in [0.25, 0.3) is 5.69 Å². The van der Waals surface area contributed by atoms with E-state index in [-0.39, 0.29) is 33.0 Å². The van der Waals surface area contributed by atoms with Crippen LogP contribution in [0.1, 0.15) is 5.56 Å². The fourth-order valence-corrected chi connectivity index (χ4v) is 2.50. The van der Waals surface area contributed by atoms with Crippen molar-refractivity contribution in [2.45, 2.75) is 0 Å². The number of carbonyl (C=O) groups is 1. The number of hydrogen-bond acceptors (Lipinski definition) is 6. The van der Waals surface area contributed by atoms with E-state index >= 15 is 0 Å². The molecule has 0 radical (unpaired) electrons. The number of nitro benzene ring substituents is 1. The number of rotatable bonds is 3. The molecule has 10 heteroatoms. The van der Waals surface area contributed by atoms with Crippen LogP contribution in [0.25, 0.3) is 0 Å². The molecule has 1 aliphatic rings. The van der Waals surface area contributed by atoms with Gasteiger partial charge in [0.05, 0.1) is 21.9 Å². The van der Waals surface area contributed by atoms with Crippen LogP contribution in [0.15, 0.2) is 22.3 Å². The minimum absolute atomic E-state index is 0.116. The van der Waals surface area contributed by atoms with Gasteiger partial charge < -0.3 is 5.32 Å². The summed E-state index contributed by atoms with van der Waals surface area (Å²) in [6.45, 7) is 0. The van der Waals surface area contributed by atoms with Gasteiger partial charge in [-0.25, -0.2) is 0 Å². The van der Waals surface area contributed by atoms with E-state index in [4.69, 9.17) is 23.2 Å². The molecule has 0 unspecified atom stereocenters. The Morgan fingerprint density at radius 2 is 2.20 bits per heavy atom. The van der Waals surface area contributed by atoms with Gasteiger partial charge in [0, 0.05) is 11.6 Å². The molecule has 0 spiro atoms. The number of carbonyl (C=O) groups excluding carboxylic acids is 1. The summed E-state index contributed by atoms with van der Waals surface area (Å²) in [5.74, 6) is 0.127. The van der Waals surface area contributed by atoms with Gasteiger partial charge in [0.15, 0.2) is 5.17 Å². The molecule has 1 saturated heterocycles. The first kappa shape index (κ1) is 14.8. The first-order valence-corrected chi connectivity index (χ1v) is 6.89. The second-order valence-corrected chi connectivity index (χ2v) is 5.29. The van der Waals surface area contributed by atoms with Crippen LogP contribution in [-0.4, -0.2) is 28.0 Å². The molecule has 1 aromatic rings. The Bertz CT molecular complexity index is 648. The van der Waals surface area contributed by atoms with Crippen molar-refractivity contribution in [2.24, 2.45) is 10.2 Å². The number of nitrogens with zero attached hydrogens (tertiary/aromatic N) is 3. The summed E-state index contributed by atoms with van der Waals surface area (Å²) in [7, 11) is 0. The summed E-state index contributed by atoms with van der Waals surface area (Å²) in [5, 5.41) is 21.2. The Morgan fingerprint density at radius 3 is 2.80 bits per heavy atom. The van der Waals surface area contributed by atoms with Crippen molar-refractivity contribution < 1.29 is 9.72 Å². The van der Waals surface area contributed by atoms with E-state index in [1.807, 2.05) is 0 Å². The number of amides is 1. The number of benzene rings is 1. The number of nitrogens with one attached hydrogen (secondary N) is 1. The monoisotopic (exact) mass is 332 g/mol. The Balaban J connectivity index is 2.27. The highest BCUT2D eigenvalue weighted by atomic mass is 35.5. The highest BCUT2D eigenvalue weighted by Crippen LogP contribution is 2.31. The minimum atomic E-state index is -0.616. The molecule has 20 heavy (non-hydrogen) atoms. The third kappa shape index (κ3) is 3.27. The molecule has 1 N–H and O–H groups in total. The molecule has 1 aliphatic heterocycles. The number of thioether (sulfide) groups is 1. The van der Waals surface area contributed by atoms with Crippen LogP contribution >= 0.6 is 35.0 Å². The van der Waals surface area contributed by atoms with E-state index in [9.17, 15) is 14.9 Å². The Kier molecular flexibility index (Phi) is 4.58. The van der Waals surface area contributed by atoms with Gasteiger partial charge in [-0.05, 0) is 6.07 Å². The zero-order chi connectivity index (χ0) is 14.7. The van der Waals surface area contributed by atoms with Crippen molar-refractivity contribution in [3.05, 3.63) is 37.9 Å². The quantitative estimate of drug-likeness (QED) is 0.522. The topological polar surface area (TPSA) is 97.0 Å². The SMILES string of the molecule is O=C1CSC(=N/N=C\c2c(Cl)ccc([N+](=O)[O-])c2Cl)N1. The molecular formula is C10H6Cl2N4O3S. The lowest BCUT2D eigenvalue weighted by Crippen LogP contribution is -2.19. The van der Waals surface area contributed by atoms with Gasteiger partial charge in [-0.1, -0.05) is 35.0 Å². The van der Waals surface area contributed by atoms with Gasteiger partial charge in [-0.3, -0.25) is 14.9 Å². The normalized spacial score (nSPS) is 16.9. The zero-order valence-electron chi connectivity index (χ0n) is 9.67. The maximum absolute atomic E-state index is 10.9. The smallest absolute Gasteiger partial charge is 0.288 e. The van der Waals surface area contributed by atoms with Crippen LogP contribution in [0, 0.1) is 10.1 Å². The molecular weight excluding hydrogens is 327 g/mol. The van der Waals surface area contributed by atoms with Gasteiger partial charge in [0.1, 0.15) is 5.02 Å². The lowest BCUT2D eigenvalue weighted by atomic mass is 10.2. The Hall–Kier alpha value is -1.64. The van der Waals surface area contributed by atoms with Gasteiger partial charge in [-0.15, -0.1) is 5.10 Å². The third-order valence-electron chi connectivity index (χ3n) is 2.22. The summed E-state index contributed by atoms with van der Waals surface area (Å²) in [5.41, 5.74) is -0.0741. The predicted octanol–water partition coefficient (Wildman–Crippen LogP) is 2.45. The molecule has 104 valence electrons. The lowest BCUT2D eigenvalue weighted by molar-refractivity contribution is -0.384. The first-order chi connectivity index (χ1) is 9.49. The third-order valence-corrected chi connectivity index (χ3v) is 3.82. The summed E-state index contributed by atoms with van der Waals surface area (Å²) in [4.78, 5) is 21.1. The molecule has 0 aliphatic carbocycles. The van der Waals surface area contributed by atoms with Crippen molar-refractivity contribution in [1.82, 2.24) is 5.32 Å². The Labute approximate surface area is 127 Å². The number of amidine groups is 1.